The van der Waals surface area contributed by atoms with Gasteiger partial charge < -0.3 is 14.2 Å². The fourth-order valence-electron chi connectivity index (χ4n) is 2.14. The van der Waals surface area contributed by atoms with Gasteiger partial charge in [0.15, 0.2) is 17.2 Å². The maximum atomic E-state index is 12.4. The predicted molar refractivity (Wildman–Crippen MR) is 90.9 cm³/mol. The first kappa shape index (κ1) is 18.2. The summed E-state index contributed by atoms with van der Waals surface area (Å²) in [5, 5.41) is 0.683. The van der Waals surface area contributed by atoms with E-state index in [4.69, 9.17) is 14.2 Å². The molecule has 0 unspecified atom stereocenters. The first-order chi connectivity index (χ1) is 11.6. The fraction of sp³-hybridized carbons (Fsp3) is 0.412. The van der Waals surface area contributed by atoms with Crippen molar-refractivity contribution in [3.8, 4) is 22.1 Å². The molecule has 1 aromatic heterocycles. The lowest BCUT2D eigenvalue weighted by Crippen LogP contribution is -2.07. The van der Waals surface area contributed by atoms with Gasteiger partial charge in [0.2, 0.25) is 0 Å². The summed E-state index contributed by atoms with van der Waals surface area (Å²) in [4.78, 5) is 17.3. The Morgan fingerprint density at radius 3 is 2.71 bits per heavy atom. The molecule has 1 aromatic carbocycles. The highest BCUT2D eigenvalue weighted by Gasteiger charge is 2.19. The quantitative estimate of drug-likeness (QED) is 0.674. The number of esters is 1. The monoisotopic (exact) mass is 353 g/mol. The van der Waals surface area contributed by atoms with Crippen molar-refractivity contribution < 1.29 is 23.4 Å². The van der Waals surface area contributed by atoms with E-state index >= 15 is 0 Å². The Bertz CT molecular complexity index is 702. The van der Waals surface area contributed by atoms with Gasteiger partial charge in [0, 0.05) is 10.4 Å². The summed E-state index contributed by atoms with van der Waals surface area (Å²) in [6.45, 7) is 3.39. The number of aromatic nitrogens is 1. The number of halogens is 1. The molecule has 0 fully saturated rings. The van der Waals surface area contributed by atoms with Gasteiger partial charge in [-0.3, -0.25) is 0 Å². The Hall–Kier alpha value is -2.15. The van der Waals surface area contributed by atoms with E-state index in [1.54, 1.807) is 19.1 Å². The third-order valence-corrected chi connectivity index (χ3v) is 4.48. The number of ether oxygens (including phenoxy) is 3. The molecule has 7 heteroatoms. The number of rotatable bonds is 8. The molecule has 130 valence electrons. The van der Waals surface area contributed by atoms with Crippen molar-refractivity contribution in [3.63, 3.8) is 0 Å². The first-order valence-electron chi connectivity index (χ1n) is 7.68. The molecule has 0 aliphatic carbocycles. The topological polar surface area (TPSA) is 57.7 Å². The van der Waals surface area contributed by atoms with Crippen LogP contribution in [0.2, 0.25) is 0 Å². The number of hydrogen-bond donors (Lipinski definition) is 0. The van der Waals surface area contributed by atoms with Crippen LogP contribution in [0.1, 0.15) is 29.2 Å². The molecular weight excluding hydrogens is 333 g/mol. The van der Waals surface area contributed by atoms with Gasteiger partial charge >= 0.3 is 5.97 Å². The molecule has 0 bridgehead atoms. The smallest absolute Gasteiger partial charge is 0.358 e. The molecule has 0 amide bonds. The lowest BCUT2D eigenvalue weighted by molar-refractivity contribution is 0.0519. The van der Waals surface area contributed by atoms with Gasteiger partial charge in [0.25, 0.3) is 0 Å². The Kier molecular flexibility index (Phi) is 6.54. The summed E-state index contributed by atoms with van der Waals surface area (Å²) in [6, 6.07) is 5.30. The summed E-state index contributed by atoms with van der Waals surface area (Å²) >= 11 is 1.43. The molecule has 24 heavy (non-hydrogen) atoms. The number of nitrogens with zero attached hydrogens (tertiary/aromatic N) is 1. The van der Waals surface area contributed by atoms with Gasteiger partial charge in [-0.15, -0.1) is 11.3 Å². The summed E-state index contributed by atoms with van der Waals surface area (Å²) in [5.74, 6) is 0.544. The molecule has 1 heterocycles. The SMILES string of the molecule is CCOC(=O)c1nc(-c2ccc(OC)c(OCCF)c2)sc1CC. The van der Waals surface area contributed by atoms with Crippen molar-refractivity contribution >= 4 is 17.3 Å². The summed E-state index contributed by atoms with van der Waals surface area (Å²) in [6.07, 6.45) is 0.688. The van der Waals surface area contributed by atoms with E-state index in [0.717, 1.165) is 10.4 Å². The van der Waals surface area contributed by atoms with Crippen molar-refractivity contribution in [3.05, 3.63) is 28.8 Å². The third kappa shape index (κ3) is 4.03. The second kappa shape index (κ2) is 8.63. The van der Waals surface area contributed by atoms with Crippen LogP contribution in [0.5, 0.6) is 11.5 Å². The number of carbonyl (C=O) groups excluding carboxylic acids is 1. The molecular formula is C17H20FNO4S. The van der Waals surface area contributed by atoms with Crippen molar-refractivity contribution in [1.82, 2.24) is 4.98 Å². The molecule has 5 nitrogen and oxygen atoms in total. The lowest BCUT2D eigenvalue weighted by Gasteiger charge is -2.10. The second-order valence-electron chi connectivity index (χ2n) is 4.77. The van der Waals surface area contributed by atoms with Crippen LogP contribution < -0.4 is 9.47 Å². The van der Waals surface area contributed by atoms with Crippen LogP contribution in [0.25, 0.3) is 10.6 Å². The number of methoxy groups -OCH3 is 1. The van der Waals surface area contributed by atoms with E-state index in [-0.39, 0.29) is 6.61 Å². The Morgan fingerprint density at radius 2 is 2.08 bits per heavy atom. The van der Waals surface area contributed by atoms with Crippen molar-refractivity contribution in [2.24, 2.45) is 0 Å². The average Bonchev–Trinajstić information content (AvgIpc) is 3.04. The number of hydrogen-bond acceptors (Lipinski definition) is 6. The van der Waals surface area contributed by atoms with Gasteiger partial charge in [0.1, 0.15) is 18.3 Å². The van der Waals surface area contributed by atoms with E-state index in [9.17, 15) is 9.18 Å². The van der Waals surface area contributed by atoms with Crippen molar-refractivity contribution in [1.29, 1.82) is 0 Å². The molecule has 0 saturated carbocycles. The summed E-state index contributed by atoms with van der Waals surface area (Å²) in [7, 11) is 1.52. The van der Waals surface area contributed by atoms with Crippen LogP contribution >= 0.6 is 11.3 Å². The van der Waals surface area contributed by atoms with Crippen molar-refractivity contribution in [2.75, 3.05) is 27.0 Å². The second-order valence-corrected chi connectivity index (χ2v) is 5.85. The molecule has 0 radical (unpaired) electrons. The zero-order valence-electron chi connectivity index (χ0n) is 13.9. The summed E-state index contributed by atoms with van der Waals surface area (Å²) < 4.78 is 28.0. The largest absolute Gasteiger partial charge is 0.493 e. The van der Waals surface area contributed by atoms with Crippen LogP contribution in [0.4, 0.5) is 4.39 Å². The number of aryl methyl sites for hydroxylation is 1. The molecule has 0 saturated heterocycles. The van der Waals surface area contributed by atoms with E-state index < -0.39 is 12.6 Å². The van der Waals surface area contributed by atoms with Crippen LogP contribution in [0.3, 0.4) is 0 Å². The number of benzene rings is 1. The highest BCUT2D eigenvalue weighted by atomic mass is 32.1. The highest BCUT2D eigenvalue weighted by Crippen LogP contribution is 2.35. The molecule has 0 spiro atoms. The molecule has 0 aliphatic rings. The maximum Gasteiger partial charge on any atom is 0.358 e. The number of thiazole rings is 1. The Morgan fingerprint density at radius 1 is 1.29 bits per heavy atom. The normalized spacial score (nSPS) is 10.5. The first-order valence-corrected chi connectivity index (χ1v) is 8.50. The van der Waals surface area contributed by atoms with Crippen LogP contribution in [-0.2, 0) is 11.2 Å². The minimum atomic E-state index is -0.586. The molecule has 0 aliphatic heterocycles. The fourth-order valence-corrected chi connectivity index (χ4v) is 3.13. The Balaban J connectivity index is 2.39. The molecule has 0 atom stereocenters. The van der Waals surface area contributed by atoms with E-state index in [0.29, 0.717) is 35.2 Å². The number of carbonyl (C=O) groups is 1. The van der Waals surface area contributed by atoms with Gasteiger partial charge in [-0.25, -0.2) is 14.2 Å². The zero-order valence-corrected chi connectivity index (χ0v) is 14.7. The molecule has 2 rings (SSSR count). The highest BCUT2D eigenvalue weighted by molar-refractivity contribution is 7.15. The zero-order chi connectivity index (χ0) is 17.5. The van der Waals surface area contributed by atoms with Crippen molar-refractivity contribution in [2.45, 2.75) is 20.3 Å². The third-order valence-electron chi connectivity index (χ3n) is 3.23. The van der Waals surface area contributed by atoms with E-state index in [2.05, 4.69) is 4.98 Å². The number of alkyl halides is 1. The predicted octanol–water partition coefficient (Wildman–Crippen LogP) is 3.91. The Labute approximate surface area is 144 Å². The van der Waals surface area contributed by atoms with E-state index in [1.807, 2.05) is 13.0 Å². The van der Waals surface area contributed by atoms with E-state index in [1.165, 1.54) is 18.4 Å². The molecule has 0 N–H and O–H groups in total. The lowest BCUT2D eigenvalue weighted by atomic mass is 10.2. The van der Waals surface area contributed by atoms with Gasteiger partial charge in [0.05, 0.1) is 13.7 Å². The van der Waals surface area contributed by atoms with Crippen LogP contribution in [0.15, 0.2) is 18.2 Å². The van der Waals surface area contributed by atoms with Gasteiger partial charge in [-0.2, -0.15) is 0 Å². The van der Waals surface area contributed by atoms with Crippen LogP contribution in [0, 0.1) is 0 Å². The minimum Gasteiger partial charge on any atom is -0.493 e. The average molecular weight is 353 g/mol. The minimum absolute atomic E-state index is 0.0496. The van der Waals surface area contributed by atoms with Gasteiger partial charge in [-0.05, 0) is 31.5 Å². The van der Waals surface area contributed by atoms with Crippen LogP contribution in [-0.4, -0.2) is 38.0 Å². The van der Waals surface area contributed by atoms with Gasteiger partial charge in [-0.1, -0.05) is 6.92 Å². The maximum absolute atomic E-state index is 12.4. The molecule has 2 aromatic rings. The summed E-state index contributed by atoms with van der Waals surface area (Å²) in [5.41, 5.74) is 1.13. The standard InChI is InChI=1S/C17H20FNO4S/c1-4-14-15(17(20)22-5-2)19-16(24-14)11-6-7-12(21-3)13(10-11)23-9-8-18/h6-7,10H,4-5,8-9H2,1-3H3.